The number of rotatable bonds is 5. The fourth-order valence-corrected chi connectivity index (χ4v) is 2.71. The molecule has 3 aromatic rings. The van der Waals surface area contributed by atoms with E-state index in [1.54, 1.807) is 25.1 Å². The number of ketones is 1. The third-order valence-corrected chi connectivity index (χ3v) is 3.84. The van der Waals surface area contributed by atoms with Gasteiger partial charge in [-0.3, -0.25) is 19.7 Å². The van der Waals surface area contributed by atoms with Crippen molar-refractivity contribution in [2.45, 2.75) is 6.92 Å². The molecular formula is C18H14N2O6. The zero-order valence-electron chi connectivity index (χ0n) is 13.7. The van der Waals surface area contributed by atoms with Gasteiger partial charge in [0.2, 0.25) is 5.78 Å². The summed E-state index contributed by atoms with van der Waals surface area (Å²) >= 11 is 0. The van der Waals surface area contributed by atoms with Crippen molar-refractivity contribution in [1.82, 2.24) is 4.98 Å². The van der Waals surface area contributed by atoms with Crippen molar-refractivity contribution < 1.29 is 19.6 Å². The number of ether oxygens (including phenoxy) is 1. The summed E-state index contributed by atoms with van der Waals surface area (Å²) in [4.78, 5) is 38.1. The van der Waals surface area contributed by atoms with Crippen LogP contribution in [0.25, 0.3) is 10.9 Å². The number of benzene rings is 2. The van der Waals surface area contributed by atoms with Gasteiger partial charge in [-0.25, -0.2) is 0 Å². The molecule has 2 N–H and O–H groups in total. The molecule has 0 amide bonds. The number of nitro groups is 1. The lowest BCUT2D eigenvalue weighted by Crippen LogP contribution is -2.19. The van der Waals surface area contributed by atoms with Crippen molar-refractivity contribution in [3.63, 3.8) is 0 Å². The van der Waals surface area contributed by atoms with Crippen LogP contribution < -0.4 is 10.3 Å². The minimum atomic E-state index is -0.916. The van der Waals surface area contributed by atoms with Crippen LogP contribution in [0, 0.1) is 10.1 Å². The van der Waals surface area contributed by atoms with Crippen LogP contribution >= 0.6 is 0 Å². The van der Waals surface area contributed by atoms with Gasteiger partial charge in [0.1, 0.15) is 16.8 Å². The van der Waals surface area contributed by atoms with E-state index in [4.69, 9.17) is 4.74 Å². The molecule has 0 atom stereocenters. The lowest BCUT2D eigenvalue weighted by atomic mass is 10.0. The van der Waals surface area contributed by atoms with E-state index < -0.39 is 33.3 Å². The minimum absolute atomic E-state index is 0.0148. The number of hydrogen-bond acceptors (Lipinski definition) is 6. The van der Waals surface area contributed by atoms with Gasteiger partial charge in [0, 0.05) is 10.9 Å². The van der Waals surface area contributed by atoms with Crippen LogP contribution in [-0.2, 0) is 0 Å². The van der Waals surface area contributed by atoms with Crippen LogP contribution in [0.15, 0.2) is 47.3 Å². The molecule has 0 fully saturated rings. The molecule has 0 bridgehead atoms. The van der Waals surface area contributed by atoms with E-state index in [1.165, 1.54) is 24.3 Å². The quantitative estimate of drug-likeness (QED) is 0.413. The van der Waals surface area contributed by atoms with Crippen molar-refractivity contribution in [3.8, 4) is 11.5 Å². The monoisotopic (exact) mass is 354 g/mol. The molecule has 0 radical (unpaired) electrons. The van der Waals surface area contributed by atoms with Crippen LogP contribution in [0.1, 0.15) is 22.8 Å². The highest BCUT2D eigenvalue weighted by atomic mass is 16.6. The number of aromatic nitrogens is 1. The van der Waals surface area contributed by atoms with E-state index in [9.17, 15) is 24.8 Å². The van der Waals surface area contributed by atoms with Crippen molar-refractivity contribution in [1.29, 1.82) is 0 Å². The Morgan fingerprint density at radius 3 is 2.54 bits per heavy atom. The molecule has 1 heterocycles. The van der Waals surface area contributed by atoms with Gasteiger partial charge in [0.05, 0.1) is 11.5 Å². The highest BCUT2D eigenvalue weighted by molar-refractivity contribution is 6.13. The summed E-state index contributed by atoms with van der Waals surface area (Å²) in [6, 6.07) is 10.6. The topological polar surface area (TPSA) is 123 Å². The maximum absolute atomic E-state index is 12.6. The van der Waals surface area contributed by atoms with Crippen molar-refractivity contribution in [3.05, 3.63) is 74.1 Å². The molecule has 8 heteroatoms. The van der Waals surface area contributed by atoms with Gasteiger partial charge in [-0.1, -0.05) is 30.3 Å². The molecule has 0 aliphatic heterocycles. The first kappa shape index (κ1) is 17.2. The second-order valence-corrected chi connectivity index (χ2v) is 5.40. The van der Waals surface area contributed by atoms with Crippen LogP contribution in [0.5, 0.6) is 11.5 Å². The summed E-state index contributed by atoms with van der Waals surface area (Å²) in [5.74, 6) is -1.33. The van der Waals surface area contributed by atoms with Gasteiger partial charge in [-0.05, 0) is 19.1 Å². The first-order valence-electron chi connectivity index (χ1n) is 7.74. The van der Waals surface area contributed by atoms with Gasteiger partial charge in [-0.2, -0.15) is 0 Å². The summed E-state index contributed by atoms with van der Waals surface area (Å²) in [7, 11) is 0. The second kappa shape index (κ2) is 6.67. The Morgan fingerprint density at radius 1 is 1.23 bits per heavy atom. The number of carbonyl (C=O) groups is 1. The van der Waals surface area contributed by atoms with E-state index >= 15 is 0 Å². The van der Waals surface area contributed by atoms with Gasteiger partial charge in [-0.15, -0.1) is 0 Å². The molecule has 26 heavy (non-hydrogen) atoms. The number of carbonyl (C=O) groups excluding carboxylic acids is 1. The Hall–Kier alpha value is -3.68. The third-order valence-electron chi connectivity index (χ3n) is 3.84. The van der Waals surface area contributed by atoms with E-state index in [-0.39, 0.29) is 28.8 Å². The number of hydrogen-bond donors (Lipinski definition) is 2. The molecule has 0 aliphatic rings. The number of aromatic hydroxyl groups is 1. The maximum atomic E-state index is 12.6. The second-order valence-electron chi connectivity index (χ2n) is 5.40. The Morgan fingerprint density at radius 2 is 1.92 bits per heavy atom. The molecule has 2 aromatic carbocycles. The van der Waals surface area contributed by atoms with E-state index in [2.05, 4.69) is 4.98 Å². The summed E-state index contributed by atoms with van der Waals surface area (Å²) in [6.07, 6.45) is 0. The molecule has 0 saturated carbocycles. The summed E-state index contributed by atoms with van der Waals surface area (Å²) < 4.78 is 5.22. The molecule has 0 aliphatic carbocycles. The van der Waals surface area contributed by atoms with Gasteiger partial charge in [0.15, 0.2) is 5.75 Å². The van der Waals surface area contributed by atoms with E-state index in [0.29, 0.717) is 0 Å². The van der Waals surface area contributed by atoms with Gasteiger partial charge < -0.3 is 14.8 Å². The van der Waals surface area contributed by atoms with E-state index in [1.807, 2.05) is 0 Å². The molecule has 0 spiro atoms. The first-order valence-corrected chi connectivity index (χ1v) is 7.74. The molecule has 8 nitrogen and oxygen atoms in total. The smallest absolute Gasteiger partial charge is 0.334 e. The SMILES string of the molecule is CCOc1ccc2c(O)c(C(=O)c3ccccc3)c(=O)[nH]c2c1[N+](=O)[O-]. The Bertz CT molecular complexity index is 1070. The van der Waals surface area contributed by atoms with Crippen molar-refractivity contribution >= 4 is 22.4 Å². The Kier molecular flexibility index (Phi) is 4.40. The predicted octanol–water partition coefficient (Wildman–Crippen LogP) is 2.77. The normalized spacial score (nSPS) is 10.7. The van der Waals surface area contributed by atoms with Crippen LogP contribution in [0.3, 0.4) is 0 Å². The third kappa shape index (κ3) is 2.77. The molecule has 3 rings (SSSR count). The Labute approximate surface area is 146 Å². The zero-order chi connectivity index (χ0) is 18.8. The summed E-state index contributed by atoms with van der Waals surface area (Å²) in [5, 5.41) is 21.9. The van der Waals surface area contributed by atoms with Gasteiger partial charge in [0.25, 0.3) is 5.56 Å². The molecule has 1 aromatic heterocycles. The predicted molar refractivity (Wildman–Crippen MR) is 93.9 cm³/mol. The lowest BCUT2D eigenvalue weighted by Gasteiger charge is -2.10. The zero-order valence-corrected chi connectivity index (χ0v) is 13.7. The molecular weight excluding hydrogens is 340 g/mol. The summed E-state index contributed by atoms with van der Waals surface area (Å²) in [6.45, 7) is 1.85. The van der Waals surface area contributed by atoms with Gasteiger partial charge >= 0.3 is 5.69 Å². The maximum Gasteiger partial charge on any atom is 0.334 e. The largest absolute Gasteiger partial charge is 0.506 e. The highest BCUT2D eigenvalue weighted by Crippen LogP contribution is 2.37. The number of nitrogens with one attached hydrogen (secondary N) is 1. The highest BCUT2D eigenvalue weighted by Gasteiger charge is 2.27. The number of aromatic amines is 1. The molecule has 0 saturated heterocycles. The fraction of sp³-hybridized carbons (Fsp3) is 0.111. The van der Waals surface area contributed by atoms with Crippen LogP contribution in [0.4, 0.5) is 5.69 Å². The fourth-order valence-electron chi connectivity index (χ4n) is 2.71. The number of H-pyrrole nitrogens is 1. The van der Waals surface area contributed by atoms with Crippen LogP contribution in [0.2, 0.25) is 0 Å². The van der Waals surface area contributed by atoms with Crippen molar-refractivity contribution in [2.75, 3.05) is 6.61 Å². The number of nitro benzene ring substituents is 1. The van der Waals surface area contributed by atoms with E-state index in [0.717, 1.165) is 0 Å². The molecule has 0 unspecified atom stereocenters. The first-order chi connectivity index (χ1) is 12.5. The standard InChI is InChI=1S/C18H14N2O6/c1-2-26-12-9-8-11-14(15(12)20(24)25)19-18(23)13(17(11)22)16(21)10-6-4-3-5-7-10/h3-9H,2H2,1H3,(H2,19,22,23). The molecule has 132 valence electrons. The minimum Gasteiger partial charge on any atom is -0.506 e. The van der Waals surface area contributed by atoms with Crippen molar-refractivity contribution in [2.24, 2.45) is 0 Å². The number of pyridine rings is 1. The lowest BCUT2D eigenvalue weighted by molar-refractivity contribution is -0.384. The van der Waals surface area contributed by atoms with Crippen LogP contribution in [-0.4, -0.2) is 27.4 Å². The number of fused-ring (bicyclic) bond motifs is 1. The average Bonchev–Trinajstić information content (AvgIpc) is 2.62. The number of nitrogens with zero attached hydrogens (tertiary/aromatic N) is 1. The average molecular weight is 354 g/mol. The Balaban J connectivity index is 2.30. The summed E-state index contributed by atoms with van der Waals surface area (Å²) in [5.41, 5.74) is -1.85.